The average Bonchev–Trinajstić information content (AvgIpc) is 1.87. The van der Waals surface area contributed by atoms with Crippen LogP contribution in [0.2, 0.25) is 0 Å². The van der Waals surface area contributed by atoms with Crippen molar-refractivity contribution in [3.05, 3.63) is 0 Å². The summed E-state index contributed by atoms with van der Waals surface area (Å²) in [6, 6.07) is -0.447. The highest BCUT2D eigenvalue weighted by Crippen LogP contribution is 1.81. The van der Waals surface area contributed by atoms with Crippen molar-refractivity contribution in [3.8, 4) is 0 Å². The van der Waals surface area contributed by atoms with Crippen LogP contribution in [-0.4, -0.2) is 33.2 Å². The first kappa shape index (κ1) is 9.83. The summed E-state index contributed by atoms with van der Waals surface area (Å²) in [7, 11) is -2.09. The molecule has 0 fully saturated rings. The molecule has 0 saturated heterocycles. The van der Waals surface area contributed by atoms with E-state index in [-0.39, 0.29) is 6.61 Å². The lowest BCUT2D eigenvalue weighted by atomic mass is 10.4. The van der Waals surface area contributed by atoms with Crippen LogP contribution in [0.15, 0.2) is 0 Å². The molecular formula is C4H12N2O3S. The van der Waals surface area contributed by atoms with E-state index in [1.54, 1.807) is 6.92 Å². The minimum absolute atomic E-state index is 0.207. The molecule has 62 valence electrons. The molecule has 0 spiro atoms. The van der Waals surface area contributed by atoms with Crippen LogP contribution in [0.1, 0.15) is 6.92 Å². The van der Waals surface area contributed by atoms with Crippen molar-refractivity contribution >= 4 is 10.2 Å². The van der Waals surface area contributed by atoms with E-state index in [2.05, 4.69) is 9.44 Å². The van der Waals surface area contributed by atoms with Crippen molar-refractivity contribution in [3.63, 3.8) is 0 Å². The molecule has 0 aromatic carbocycles. The third-order valence-electron chi connectivity index (χ3n) is 0.899. The van der Waals surface area contributed by atoms with Gasteiger partial charge in [0.05, 0.1) is 6.61 Å². The fraction of sp³-hybridized carbons (Fsp3) is 1.00. The van der Waals surface area contributed by atoms with Gasteiger partial charge in [-0.1, -0.05) is 0 Å². The lowest BCUT2D eigenvalue weighted by Gasteiger charge is -2.09. The van der Waals surface area contributed by atoms with E-state index < -0.39 is 16.3 Å². The minimum atomic E-state index is -3.39. The fourth-order valence-corrected chi connectivity index (χ4v) is 1.08. The molecule has 1 atom stereocenters. The molecule has 0 aliphatic heterocycles. The first-order chi connectivity index (χ1) is 4.52. The summed E-state index contributed by atoms with van der Waals surface area (Å²) in [5.74, 6) is 0. The number of rotatable bonds is 4. The Kier molecular flexibility index (Phi) is 3.80. The molecule has 10 heavy (non-hydrogen) atoms. The van der Waals surface area contributed by atoms with Crippen LogP contribution >= 0.6 is 0 Å². The molecule has 5 nitrogen and oxygen atoms in total. The molecule has 0 heterocycles. The Morgan fingerprint density at radius 3 is 2.40 bits per heavy atom. The van der Waals surface area contributed by atoms with Crippen molar-refractivity contribution < 1.29 is 13.5 Å². The molecule has 0 aromatic rings. The van der Waals surface area contributed by atoms with E-state index >= 15 is 0 Å². The van der Waals surface area contributed by atoms with Crippen molar-refractivity contribution in [1.29, 1.82) is 0 Å². The van der Waals surface area contributed by atoms with E-state index in [1.807, 2.05) is 0 Å². The Morgan fingerprint density at radius 1 is 1.60 bits per heavy atom. The Balaban J connectivity index is 3.90. The maximum Gasteiger partial charge on any atom is 0.276 e. The number of hydrogen-bond donors (Lipinski definition) is 3. The summed E-state index contributed by atoms with van der Waals surface area (Å²) in [5.41, 5.74) is 0. The second-order valence-corrected chi connectivity index (χ2v) is 3.56. The molecule has 0 aromatic heterocycles. The van der Waals surface area contributed by atoms with Crippen molar-refractivity contribution in [1.82, 2.24) is 9.44 Å². The van der Waals surface area contributed by atoms with Crippen LogP contribution < -0.4 is 9.44 Å². The Bertz CT molecular complexity index is 177. The topological polar surface area (TPSA) is 78.4 Å². The van der Waals surface area contributed by atoms with Crippen molar-refractivity contribution in [2.45, 2.75) is 13.0 Å². The normalized spacial score (nSPS) is 15.1. The van der Waals surface area contributed by atoms with Gasteiger partial charge in [-0.05, 0) is 6.92 Å². The van der Waals surface area contributed by atoms with Crippen LogP contribution in [0, 0.1) is 0 Å². The molecule has 0 rings (SSSR count). The number of aliphatic hydroxyl groups is 1. The van der Waals surface area contributed by atoms with E-state index in [0.29, 0.717) is 0 Å². The Morgan fingerprint density at radius 2 is 2.10 bits per heavy atom. The molecule has 6 heteroatoms. The molecule has 0 aliphatic rings. The summed E-state index contributed by atoms with van der Waals surface area (Å²) in [5, 5.41) is 8.44. The summed E-state index contributed by atoms with van der Waals surface area (Å²) >= 11 is 0. The van der Waals surface area contributed by atoms with Gasteiger partial charge in [0.1, 0.15) is 0 Å². The zero-order valence-electron chi connectivity index (χ0n) is 5.96. The van der Waals surface area contributed by atoms with Gasteiger partial charge in [0, 0.05) is 13.1 Å². The zero-order valence-corrected chi connectivity index (χ0v) is 6.77. The molecular weight excluding hydrogens is 156 g/mol. The molecule has 1 unspecified atom stereocenters. The third kappa shape index (κ3) is 3.78. The second-order valence-electron chi connectivity index (χ2n) is 1.91. The van der Waals surface area contributed by atoms with Gasteiger partial charge in [-0.2, -0.15) is 13.1 Å². The third-order valence-corrected chi connectivity index (χ3v) is 2.15. The standard InChI is InChI=1S/C4H12N2O3S/c1-4(3-7)6-10(8,9)5-2/h4-7H,3H2,1-2H3. The molecule has 0 amide bonds. The fourth-order valence-electron chi connectivity index (χ4n) is 0.361. The average molecular weight is 168 g/mol. The quantitative estimate of drug-likeness (QED) is 0.474. The predicted molar refractivity (Wildman–Crippen MR) is 37.7 cm³/mol. The van der Waals surface area contributed by atoms with Gasteiger partial charge in [-0.3, -0.25) is 0 Å². The van der Waals surface area contributed by atoms with Gasteiger partial charge < -0.3 is 5.11 Å². The molecule has 3 N–H and O–H groups in total. The van der Waals surface area contributed by atoms with Crippen LogP contribution in [0.25, 0.3) is 0 Å². The van der Waals surface area contributed by atoms with Gasteiger partial charge in [-0.25, -0.2) is 4.72 Å². The molecule has 0 bridgehead atoms. The monoisotopic (exact) mass is 168 g/mol. The van der Waals surface area contributed by atoms with E-state index in [9.17, 15) is 8.42 Å². The summed E-state index contributed by atoms with van der Waals surface area (Å²) in [6.07, 6.45) is 0. The molecule has 0 aliphatic carbocycles. The highest BCUT2D eigenvalue weighted by Gasteiger charge is 2.09. The van der Waals surface area contributed by atoms with Gasteiger partial charge in [-0.15, -0.1) is 0 Å². The van der Waals surface area contributed by atoms with Gasteiger partial charge in [0.25, 0.3) is 10.2 Å². The van der Waals surface area contributed by atoms with Crippen LogP contribution in [0.4, 0.5) is 0 Å². The lowest BCUT2D eigenvalue weighted by molar-refractivity contribution is 0.265. The van der Waals surface area contributed by atoms with Crippen molar-refractivity contribution in [2.75, 3.05) is 13.7 Å². The zero-order chi connectivity index (χ0) is 8.20. The first-order valence-corrected chi connectivity index (χ1v) is 4.32. The van der Waals surface area contributed by atoms with Gasteiger partial charge in [0.15, 0.2) is 0 Å². The van der Waals surface area contributed by atoms with Gasteiger partial charge >= 0.3 is 0 Å². The maximum absolute atomic E-state index is 10.6. The second kappa shape index (κ2) is 3.87. The van der Waals surface area contributed by atoms with E-state index in [4.69, 9.17) is 5.11 Å². The van der Waals surface area contributed by atoms with E-state index in [0.717, 1.165) is 0 Å². The largest absolute Gasteiger partial charge is 0.395 e. The minimum Gasteiger partial charge on any atom is -0.395 e. The van der Waals surface area contributed by atoms with Gasteiger partial charge in [0.2, 0.25) is 0 Å². The Hall–Kier alpha value is -0.170. The summed E-state index contributed by atoms with van der Waals surface area (Å²) in [6.45, 7) is 1.36. The number of hydrogen-bond acceptors (Lipinski definition) is 3. The highest BCUT2D eigenvalue weighted by atomic mass is 32.2. The molecule has 0 radical (unpaired) electrons. The summed E-state index contributed by atoms with van der Waals surface area (Å²) in [4.78, 5) is 0. The van der Waals surface area contributed by atoms with E-state index in [1.165, 1.54) is 7.05 Å². The highest BCUT2D eigenvalue weighted by molar-refractivity contribution is 7.87. The predicted octanol–water partition coefficient (Wildman–Crippen LogP) is -1.58. The van der Waals surface area contributed by atoms with Crippen LogP contribution in [-0.2, 0) is 10.2 Å². The Labute approximate surface area is 60.6 Å². The lowest BCUT2D eigenvalue weighted by Crippen LogP contribution is -2.41. The first-order valence-electron chi connectivity index (χ1n) is 2.83. The maximum atomic E-state index is 10.6. The number of nitrogens with one attached hydrogen (secondary N) is 2. The van der Waals surface area contributed by atoms with Crippen LogP contribution in [0.3, 0.4) is 0 Å². The summed E-state index contributed by atoms with van der Waals surface area (Å²) < 4.78 is 25.5. The molecule has 0 saturated carbocycles. The van der Waals surface area contributed by atoms with Crippen molar-refractivity contribution in [2.24, 2.45) is 0 Å². The SMILES string of the molecule is CNS(=O)(=O)NC(C)CO. The van der Waals surface area contributed by atoms with Crippen LogP contribution in [0.5, 0.6) is 0 Å². The number of aliphatic hydroxyl groups excluding tert-OH is 1. The smallest absolute Gasteiger partial charge is 0.276 e.